The Labute approximate surface area is 170 Å². The van der Waals surface area contributed by atoms with Gasteiger partial charge >= 0.3 is 5.97 Å². The minimum atomic E-state index is -0.168. The minimum absolute atomic E-state index is 0.0860. The molecule has 6 heteroatoms. The van der Waals surface area contributed by atoms with Gasteiger partial charge in [0.05, 0.1) is 18.1 Å². The first-order valence-electron chi connectivity index (χ1n) is 9.51. The molecule has 0 N–H and O–H groups in total. The number of likely N-dealkylation sites (tertiary alicyclic amines) is 1. The van der Waals surface area contributed by atoms with Gasteiger partial charge in [0, 0.05) is 23.7 Å². The van der Waals surface area contributed by atoms with E-state index in [1.54, 1.807) is 24.0 Å². The lowest BCUT2D eigenvalue weighted by molar-refractivity contribution is -0.149. The van der Waals surface area contributed by atoms with E-state index in [4.69, 9.17) is 21.1 Å². The molecule has 0 atom stereocenters. The molecule has 148 valence electrons. The summed E-state index contributed by atoms with van der Waals surface area (Å²) >= 11 is 6.18. The van der Waals surface area contributed by atoms with Gasteiger partial charge in [0.25, 0.3) is 5.91 Å². The zero-order valence-corrected chi connectivity index (χ0v) is 16.7. The number of esters is 1. The number of piperidine rings is 1. The van der Waals surface area contributed by atoms with Crippen LogP contribution in [0.3, 0.4) is 0 Å². The van der Waals surface area contributed by atoms with Crippen LogP contribution in [0.25, 0.3) is 0 Å². The molecule has 0 aliphatic carbocycles. The van der Waals surface area contributed by atoms with Crippen LogP contribution in [0, 0.1) is 5.92 Å². The molecule has 0 radical (unpaired) electrons. The van der Waals surface area contributed by atoms with Gasteiger partial charge < -0.3 is 14.4 Å². The number of carbonyl (C=O) groups excluding carboxylic acids is 2. The van der Waals surface area contributed by atoms with Crippen molar-refractivity contribution in [3.05, 3.63) is 64.7 Å². The van der Waals surface area contributed by atoms with Crippen LogP contribution >= 0.6 is 11.6 Å². The summed E-state index contributed by atoms with van der Waals surface area (Å²) in [5.74, 6) is 0.144. The van der Waals surface area contributed by atoms with Crippen LogP contribution < -0.4 is 4.74 Å². The van der Waals surface area contributed by atoms with E-state index in [0.717, 1.165) is 5.56 Å². The quantitative estimate of drug-likeness (QED) is 0.676. The molecular weight excluding hydrogens is 378 g/mol. The highest BCUT2D eigenvalue weighted by atomic mass is 35.5. The van der Waals surface area contributed by atoms with Gasteiger partial charge in [-0.25, -0.2) is 0 Å². The summed E-state index contributed by atoms with van der Waals surface area (Å²) in [6, 6.07) is 14.7. The van der Waals surface area contributed by atoms with Gasteiger partial charge in [0.15, 0.2) is 0 Å². The monoisotopic (exact) mass is 401 g/mol. The second kappa shape index (κ2) is 9.60. The van der Waals surface area contributed by atoms with E-state index in [2.05, 4.69) is 0 Å². The number of nitrogens with zero attached hydrogens (tertiary/aromatic N) is 1. The Morgan fingerprint density at radius 2 is 1.75 bits per heavy atom. The first kappa shape index (κ1) is 20.2. The second-order valence-electron chi connectivity index (χ2n) is 6.69. The number of para-hydroxylation sites is 1. The maximum atomic E-state index is 13.0. The second-order valence-corrected chi connectivity index (χ2v) is 7.10. The van der Waals surface area contributed by atoms with Crippen LogP contribution in [-0.2, 0) is 16.1 Å². The van der Waals surface area contributed by atoms with Crippen LogP contribution in [0.4, 0.5) is 0 Å². The normalized spacial score (nSPS) is 14.6. The van der Waals surface area contributed by atoms with Gasteiger partial charge in [-0.15, -0.1) is 0 Å². The molecule has 0 bridgehead atoms. The summed E-state index contributed by atoms with van der Waals surface area (Å²) < 4.78 is 11.0. The third-order valence-corrected chi connectivity index (χ3v) is 5.23. The van der Waals surface area contributed by atoms with Gasteiger partial charge in [0.2, 0.25) is 0 Å². The molecule has 1 aliphatic rings. The van der Waals surface area contributed by atoms with E-state index in [-0.39, 0.29) is 24.4 Å². The largest absolute Gasteiger partial charge is 0.488 e. The summed E-state index contributed by atoms with van der Waals surface area (Å²) in [7, 11) is 0. The van der Waals surface area contributed by atoms with Crippen molar-refractivity contribution in [1.29, 1.82) is 0 Å². The Morgan fingerprint density at radius 1 is 1.07 bits per heavy atom. The molecule has 1 saturated heterocycles. The van der Waals surface area contributed by atoms with Crippen LogP contribution in [-0.4, -0.2) is 36.5 Å². The Balaban J connectivity index is 1.65. The Kier molecular flexibility index (Phi) is 6.93. The molecular formula is C22H24ClNO4. The molecule has 0 unspecified atom stereocenters. The number of hydrogen-bond donors (Lipinski definition) is 0. The maximum absolute atomic E-state index is 13.0. The molecule has 28 heavy (non-hydrogen) atoms. The number of amides is 1. The van der Waals surface area contributed by atoms with Crippen molar-refractivity contribution in [1.82, 2.24) is 4.90 Å². The highest BCUT2D eigenvalue weighted by molar-refractivity contribution is 6.31. The predicted molar refractivity (Wildman–Crippen MR) is 107 cm³/mol. The molecule has 0 aromatic heterocycles. The van der Waals surface area contributed by atoms with Crippen molar-refractivity contribution in [2.24, 2.45) is 5.92 Å². The van der Waals surface area contributed by atoms with Gasteiger partial charge in [-0.3, -0.25) is 9.59 Å². The topological polar surface area (TPSA) is 55.8 Å². The van der Waals surface area contributed by atoms with Crippen molar-refractivity contribution in [3.8, 4) is 5.75 Å². The van der Waals surface area contributed by atoms with E-state index in [1.807, 2.05) is 36.4 Å². The highest BCUT2D eigenvalue weighted by Gasteiger charge is 2.29. The van der Waals surface area contributed by atoms with Crippen LogP contribution in [0.1, 0.15) is 35.7 Å². The number of benzene rings is 2. The Bertz CT molecular complexity index is 831. The molecule has 5 nitrogen and oxygen atoms in total. The van der Waals surface area contributed by atoms with Crippen LogP contribution in [0.15, 0.2) is 48.5 Å². The summed E-state index contributed by atoms with van der Waals surface area (Å²) in [6.07, 6.45) is 1.24. The van der Waals surface area contributed by atoms with E-state index in [9.17, 15) is 9.59 Å². The zero-order chi connectivity index (χ0) is 19.9. The summed E-state index contributed by atoms with van der Waals surface area (Å²) in [5, 5.41) is 0.632. The molecule has 1 fully saturated rings. The fourth-order valence-corrected chi connectivity index (χ4v) is 3.48. The van der Waals surface area contributed by atoms with Crippen LogP contribution in [0.2, 0.25) is 5.02 Å². The van der Waals surface area contributed by atoms with E-state index >= 15 is 0 Å². The van der Waals surface area contributed by atoms with Crippen molar-refractivity contribution in [2.75, 3.05) is 19.7 Å². The minimum Gasteiger partial charge on any atom is -0.488 e. The summed E-state index contributed by atoms with van der Waals surface area (Å²) in [4.78, 5) is 26.7. The Morgan fingerprint density at radius 3 is 2.46 bits per heavy atom. The molecule has 0 saturated carbocycles. The number of rotatable bonds is 6. The van der Waals surface area contributed by atoms with Crippen molar-refractivity contribution >= 4 is 23.5 Å². The molecule has 0 spiro atoms. The van der Waals surface area contributed by atoms with Crippen molar-refractivity contribution in [2.45, 2.75) is 26.4 Å². The molecule has 1 aliphatic heterocycles. The summed E-state index contributed by atoms with van der Waals surface area (Å²) in [5.41, 5.74) is 1.38. The lowest BCUT2D eigenvalue weighted by Crippen LogP contribution is -2.40. The summed E-state index contributed by atoms with van der Waals surface area (Å²) in [6.45, 7) is 3.53. The van der Waals surface area contributed by atoms with E-state index in [0.29, 0.717) is 48.9 Å². The molecule has 1 heterocycles. The first-order chi connectivity index (χ1) is 13.6. The fraction of sp³-hybridized carbons (Fsp3) is 0.364. The third-order valence-electron chi connectivity index (χ3n) is 4.86. The molecule has 2 aromatic rings. The number of ether oxygens (including phenoxy) is 2. The Hall–Kier alpha value is -2.53. The average molecular weight is 402 g/mol. The lowest BCUT2D eigenvalue weighted by Gasteiger charge is -2.31. The van der Waals surface area contributed by atoms with Gasteiger partial charge in [-0.2, -0.15) is 0 Å². The number of hydrogen-bond acceptors (Lipinski definition) is 4. The highest BCUT2D eigenvalue weighted by Crippen LogP contribution is 2.26. The van der Waals surface area contributed by atoms with Gasteiger partial charge in [-0.1, -0.05) is 41.9 Å². The van der Waals surface area contributed by atoms with E-state index < -0.39 is 0 Å². The van der Waals surface area contributed by atoms with Gasteiger partial charge in [-0.05, 0) is 38.0 Å². The SMILES string of the molecule is CCOC(=O)C1CCN(C(=O)c2ccccc2OCc2ccccc2Cl)CC1. The van der Waals surface area contributed by atoms with Crippen LogP contribution in [0.5, 0.6) is 5.75 Å². The average Bonchev–Trinajstić information content (AvgIpc) is 2.73. The van der Waals surface area contributed by atoms with E-state index in [1.165, 1.54) is 0 Å². The molecule has 2 aromatic carbocycles. The standard InChI is InChI=1S/C22H24ClNO4/c1-2-27-22(26)16-11-13-24(14-12-16)21(25)18-8-4-6-10-20(18)28-15-17-7-3-5-9-19(17)23/h3-10,16H,2,11-15H2,1H3. The molecule has 3 rings (SSSR count). The zero-order valence-electron chi connectivity index (χ0n) is 15.9. The predicted octanol–water partition coefficient (Wildman–Crippen LogP) is 4.33. The molecule has 1 amide bonds. The number of carbonyl (C=O) groups is 2. The van der Waals surface area contributed by atoms with Gasteiger partial charge in [0.1, 0.15) is 12.4 Å². The first-order valence-corrected chi connectivity index (χ1v) is 9.89. The van der Waals surface area contributed by atoms with Crippen molar-refractivity contribution in [3.63, 3.8) is 0 Å². The maximum Gasteiger partial charge on any atom is 0.309 e. The smallest absolute Gasteiger partial charge is 0.309 e. The number of halogens is 1. The third kappa shape index (κ3) is 4.84. The lowest BCUT2D eigenvalue weighted by atomic mass is 9.96. The van der Waals surface area contributed by atoms with Crippen molar-refractivity contribution < 1.29 is 19.1 Å². The fourth-order valence-electron chi connectivity index (χ4n) is 3.29.